The van der Waals surface area contributed by atoms with Crippen molar-refractivity contribution < 1.29 is 42.1 Å². The molecule has 0 bridgehead atoms. The molecule has 0 saturated carbocycles. The maximum absolute atomic E-state index is 12.8. The number of phosphoric ester groups is 1. The summed E-state index contributed by atoms with van der Waals surface area (Å²) in [6.07, 6.45) is 84.0. The van der Waals surface area contributed by atoms with Gasteiger partial charge in [-0.25, -0.2) is 4.57 Å². The van der Waals surface area contributed by atoms with Crippen molar-refractivity contribution in [2.45, 2.75) is 238 Å². The van der Waals surface area contributed by atoms with Crippen molar-refractivity contribution in [3.63, 3.8) is 0 Å². The second kappa shape index (κ2) is 57.8. The number of hydrogen-bond acceptors (Lipinski definition) is 7. The zero-order valence-corrected chi connectivity index (χ0v) is 51.2. The first kappa shape index (κ1) is 74.2. The van der Waals surface area contributed by atoms with Crippen LogP contribution in [0, 0.1) is 0 Å². The Balaban J connectivity index is 4.18. The van der Waals surface area contributed by atoms with Gasteiger partial charge >= 0.3 is 19.8 Å². The lowest BCUT2D eigenvalue weighted by atomic mass is 10.0. The number of likely N-dealkylation sites (N-methyl/N-ethyl adjacent to an activating group) is 1. The average molecular weight is 1110 g/mol. The number of hydrogen-bond donors (Lipinski definition) is 1. The molecule has 0 spiro atoms. The summed E-state index contributed by atoms with van der Waals surface area (Å²) in [6.45, 7) is 4.14. The van der Waals surface area contributed by atoms with Gasteiger partial charge in [-0.3, -0.25) is 18.6 Å². The van der Waals surface area contributed by atoms with Crippen LogP contribution in [-0.4, -0.2) is 74.9 Å². The van der Waals surface area contributed by atoms with Crippen molar-refractivity contribution in [1.82, 2.24) is 0 Å². The first-order valence-corrected chi connectivity index (χ1v) is 32.4. The molecule has 0 aromatic carbocycles. The van der Waals surface area contributed by atoms with Gasteiger partial charge in [-0.05, 0) is 103 Å². The Morgan fingerprint density at radius 2 is 0.705 bits per heavy atom. The number of quaternary nitrogens is 1. The Hall–Kier alpha value is -3.85. The molecular formula is C68H115NO8P+. The lowest BCUT2D eigenvalue weighted by Gasteiger charge is -2.24. The fraction of sp³-hybridized carbons (Fsp3) is 0.647. The molecule has 78 heavy (non-hydrogen) atoms. The summed E-state index contributed by atoms with van der Waals surface area (Å²) in [6, 6.07) is 0. The Labute approximate surface area is 479 Å². The number of allylic oxidation sites excluding steroid dienone is 22. The predicted octanol–water partition coefficient (Wildman–Crippen LogP) is 19.7. The monoisotopic (exact) mass is 1100 g/mol. The molecule has 0 aliphatic heterocycles. The van der Waals surface area contributed by atoms with Gasteiger partial charge in [0.2, 0.25) is 0 Å². The quantitative estimate of drug-likeness (QED) is 0.0211. The van der Waals surface area contributed by atoms with Crippen molar-refractivity contribution >= 4 is 19.8 Å². The molecule has 10 heteroatoms. The molecular weight excluding hydrogens is 990 g/mol. The minimum absolute atomic E-state index is 0.0145. The molecule has 444 valence electrons. The van der Waals surface area contributed by atoms with E-state index < -0.39 is 26.5 Å². The lowest BCUT2D eigenvalue weighted by Crippen LogP contribution is -2.37. The molecule has 0 fully saturated rings. The number of carbonyl (C=O) groups is 2. The zero-order chi connectivity index (χ0) is 57.0. The molecule has 0 radical (unpaired) electrons. The number of ether oxygens (including phenoxy) is 2. The van der Waals surface area contributed by atoms with Gasteiger partial charge in [0.15, 0.2) is 6.10 Å². The molecule has 0 amide bonds. The number of nitrogens with zero attached hydrogens (tertiary/aromatic N) is 1. The highest BCUT2D eigenvalue weighted by Gasteiger charge is 2.27. The van der Waals surface area contributed by atoms with Gasteiger partial charge in [-0.2, -0.15) is 0 Å². The van der Waals surface area contributed by atoms with Crippen LogP contribution in [0.3, 0.4) is 0 Å². The van der Waals surface area contributed by atoms with E-state index in [2.05, 4.69) is 141 Å². The minimum atomic E-state index is -4.41. The van der Waals surface area contributed by atoms with Gasteiger partial charge in [0.25, 0.3) is 0 Å². The van der Waals surface area contributed by atoms with Crippen LogP contribution in [0.5, 0.6) is 0 Å². The lowest BCUT2D eigenvalue weighted by molar-refractivity contribution is -0.870. The molecule has 0 aromatic rings. The van der Waals surface area contributed by atoms with Gasteiger partial charge in [-0.15, -0.1) is 0 Å². The van der Waals surface area contributed by atoms with E-state index in [1.165, 1.54) is 103 Å². The Morgan fingerprint density at radius 1 is 0.397 bits per heavy atom. The Morgan fingerprint density at radius 3 is 1.06 bits per heavy atom. The number of carbonyl (C=O) groups excluding carboxylic acids is 2. The topological polar surface area (TPSA) is 108 Å². The number of esters is 2. The van der Waals surface area contributed by atoms with Crippen LogP contribution in [0.2, 0.25) is 0 Å². The van der Waals surface area contributed by atoms with Crippen LogP contribution in [-0.2, 0) is 32.7 Å². The Bertz CT molecular complexity index is 1780. The number of phosphoric acid groups is 1. The van der Waals surface area contributed by atoms with Gasteiger partial charge in [0.1, 0.15) is 19.8 Å². The standard InChI is InChI=1S/C68H114NO8P/c1-6-8-10-12-14-16-18-20-22-24-26-28-30-31-32-33-34-35-36-37-39-40-42-44-46-48-50-52-54-56-58-60-67(70)74-64-66(65-76-78(72,73)75-63-62-69(3,4)5)77-68(71)61-59-57-55-53-51-49-47-45-43-41-38-29-27-25-23-21-19-17-15-13-11-9-7-2/h8-11,14-17,20-23,26-29,41,43,47,49,53,55,66H,6-7,12-13,18-19,24-25,30-40,42,44-46,48,50-52,54,56-65H2,1-5H3/p+1/b10-8-,11-9-,16-14-,17-15-,22-20-,23-21-,28-26-,29-27-,43-41-,49-47-,55-53-. The van der Waals surface area contributed by atoms with E-state index in [0.717, 1.165) is 89.9 Å². The molecule has 0 saturated heterocycles. The van der Waals surface area contributed by atoms with Crippen LogP contribution < -0.4 is 0 Å². The van der Waals surface area contributed by atoms with Crippen LogP contribution >= 0.6 is 7.82 Å². The summed E-state index contributed by atoms with van der Waals surface area (Å²) in [5, 5.41) is 0. The first-order valence-electron chi connectivity index (χ1n) is 30.9. The number of unbranched alkanes of at least 4 members (excludes halogenated alkanes) is 19. The maximum atomic E-state index is 12.8. The largest absolute Gasteiger partial charge is 0.472 e. The fourth-order valence-corrected chi connectivity index (χ4v) is 8.74. The van der Waals surface area contributed by atoms with Crippen molar-refractivity contribution in [3.05, 3.63) is 134 Å². The smallest absolute Gasteiger partial charge is 0.462 e. The SMILES string of the molecule is CC/C=C\C/C=C\C/C=C\C/C=C\C/C=C\C/C=C\C/C=C\CCCC(=O)OC(COC(=O)CCCCCCCCCCCCCCCCCCCC/C=C\C/C=C\C/C=C\C/C=C\CC)COP(=O)(O)OCC[N+](C)(C)C. The van der Waals surface area contributed by atoms with Gasteiger partial charge < -0.3 is 18.9 Å². The minimum Gasteiger partial charge on any atom is -0.462 e. The Kier molecular flexibility index (Phi) is 55.0. The van der Waals surface area contributed by atoms with Crippen molar-refractivity contribution in [2.24, 2.45) is 0 Å². The van der Waals surface area contributed by atoms with Crippen LogP contribution in [0.25, 0.3) is 0 Å². The molecule has 1 N–H and O–H groups in total. The maximum Gasteiger partial charge on any atom is 0.472 e. The van der Waals surface area contributed by atoms with Crippen LogP contribution in [0.4, 0.5) is 0 Å². The molecule has 9 nitrogen and oxygen atoms in total. The molecule has 0 aliphatic carbocycles. The molecule has 2 atom stereocenters. The number of rotatable bonds is 55. The third-order valence-corrected chi connectivity index (χ3v) is 13.7. The van der Waals surface area contributed by atoms with E-state index in [0.29, 0.717) is 23.9 Å². The van der Waals surface area contributed by atoms with Crippen LogP contribution in [0.1, 0.15) is 232 Å². The normalized spacial score (nSPS) is 14.2. The summed E-state index contributed by atoms with van der Waals surface area (Å²) < 4.78 is 34.5. The summed E-state index contributed by atoms with van der Waals surface area (Å²) in [5.41, 5.74) is 0. The van der Waals surface area contributed by atoms with E-state index in [-0.39, 0.29) is 32.0 Å². The first-order chi connectivity index (χ1) is 38.0. The van der Waals surface area contributed by atoms with Gasteiger partial charge in [0.05, 0.1) is 27.7 Å². The molecule has 0 aliphatic rings. The van der Waals surface area contributed by atoms with E-state index in [1.807, 2.05) is 27.2 Å². The molecule has 2 unspecified atom stereocenters. The van der Waals surface area contributed by atoms with E-state index >= 15 is 0 Å². The summed E-state index contributed by atoms with van der Waals surface area (Å²) in [5.74, 6) is -0.871. The summed E-state index contributed by atoms with van der Waals surface area (Å²) in [7, 11) is 1.43. The van der Waals surface area contributed by atoms with E-state index in [4.69, 9.17) is 18.5 Å². The fourth-order valence-electron chi connectivity index (χ4n) is 8.00. The third kappa shape index (κ3) is 61.4. The molecule has 0 heterocycles. The highest BCUT2D eigenvalue weighted by molar-refractivity contribution is 7.47. The van der Waals surface area contributed by atoms with Crippen molar-refractivity contribution in [3.8, 4) is 0 Å². The van der Waals surface area contributed by atoms with Gasteiger partial charge in [0, 0.05) is 12.8 Å². The van der Waals surface area contributed by atoms with E-state index in [9.17, 15) is 19.0 Å². The van der Waals surface area contributed by atoms with Gasteiger partial charge in [-0.1, -0.05) is 250 Å². The highest BCUT2D eigenvalue weighted by Crippen LogP contribution is 2.43. The van der Waals surface area contributed by atoms with E-state index in [1.54, 1.807) is 0 Å². The van der Waals surface area contributed by atoms with Crippen molar-refractivity contribution in [1.29, 1.82) is 0 Å². The van der Waals surface area contributed by atoms with Crippen LogP contribution in [0.15, 0.2) is 134 Å². The zero-order valence-electron chi connectivity index (χ0n) is 50.3. The second-order valence-corrected chi connectivity index (χ2v) is 22.8. The summed E-state index contributed by atoms with van der Waals surface area (Å²) in [4.78, 5) is 35.7. The average Bonchev–Trinajstić information content (AvgIpc) is 3.40. The third-order valence-electron chi connectivity index (χ3n) is 12.7. The van der Waals surface area contributed by atoms with Crippen molar-refractivity contribution in [2.75, 3.05) is 47.5 Å². The second-order valence-electron chi connectivity index (χ2n) is 21.3. The highest BCUT2D eigenvalue weighted by atomic mass is 31.2. The molecule has 0 rings (SSSR count). The predicted molar refractivity (Wildman–Crippen MR) is 334 cm³/mol. The summed E-state index contributed by atoms with van der Waals surface area (Å²) >= 11 is 0. The molecule has 0 aromatic heterocycles.